The van der Waals surface area contributed by atoms with E-state index in [0.29, 0.717) is 23.9 Å². The van der Waals surface area contributed by atoms with E-state index in [1.165, 1.54) is 74.3 Å². The fraction of sp³-hybridized carbons (Fsp3) is 0.559. The Morgan fingerprint density at radius 2 is 1.49 bits per heavy atom. The van der Waals surface area contributed by atoms with E-state index >= 15 is 0 Å². The smallest absolute Gasteiger partial charge is 0.258 e. The summed E-state index contributed by atoms with van der Waals surface area (Å²) in [6.45, 7) is 10.4. The van der Waals surface area contributed by atoms with E-state index in [9.17, 15) is 4.79 Å². The van der Waals surface area contributed by atoms with Gasteiger partial charge >= 0.3 is 0 Å². The van der Waals surface area contributed by atoms with Crippen molar-refractivity contribution < 1.29 is 19.0 Å². The van der Waals surface area contributed by atoms with Crippen molar-refractivity contribution in [1.82, 2.24) is 10.4 Å². The summed E-state index contributed by atoms with van der Waals surface area (Å²) in [6, 6.07) is 10.3. The molecule has 1 fully saturated rings. The summed E-state index contributed by atoms with van der Waals surface area (Å²) in [6.07, 6.45) is 14.7. The molecule has 0 spiro atoms. The van der Waals surface area contributed by atoms with Gasteiger partial charge in [0.05, 0.1) is 20.8 Å². The van der Waals surface area contributed by atoms with Crippen molar-refractivity contribution in [2.24, 2.45) is 0 Å². The van der Waals surface area contributed by atoms with E-state index in [0.717, 1.165) is 38.2 Å². The van der Waals surface area contributed by atoms with E-state index in [1.54, 1.807) is 20.3 Å². The van der Waals surface area contributed by atoms with Crippen molar-refractivity contribution in [3.8, 4) is 17.2 Å². The molecule has 3 rings (SSSR count). The molecule has 2 aromatic carbocycles. The van der Waals surface area contributed by atoms with Gasteiger partial charge in [0.2, 0.25) is 0 Å². The molecule has 1 aliphatic heterocycles. The average Bonchev–Trinajstić information content (AvgIpc) is 2.97. The minimum Gasteiger partial charge on any atom is -0.496 e. The predicted octanol–water partition coefficient (Wildman–Crippen LogP) is 7.10. The van der Waals surface area contributed by atoms with Crippen LogP contribution in [0.25, 0.3) is 6.08 Å². The number of hydrogen-bond donors (Lipinski definition) is 1. The molecule has 7 nitrogen and oxygen atoms in total. The van der Waals surface area contributed by atoms with Gasteiger partial charge in [0.25, 0.3) is 5.91 Å². The molecule has 1 amide bonds. The fourth-order valence-corrected chi connectivity index (χ4v) is 5.31. The maximum Gasteiger partial charge on any atom is 0.258 e. The van der Waals surface area contributed by atoms with Gasteiger partial charge in [0.15, 0.2) is 11.5 Å². The first kappa shape index (κ1) is 32.3. The summed E-state index contributed by atoms with van der Waals surface area (Å²) in [7, 11) is 3.25. The quantitative estimate of drug-likeness (QED) is 0.163. The van der Waals surface area contributed by atoms with E-state index < -0.39 is 0 Å². The molecule has 0 atom stereocenters. The highest BCUT2D eigenvalue weighted by molar-refractivity contribution is 5.92. The van der Waals surface area contributed by atoms with Gasteiger partial charge in [-0.15, -0.1) is 0 Å². The molecule has 0 aromatic heterocycles. The summed E-state index contributed by atoms with van der Waals surface area (Å²) in [5.74, 6) is 1.76. The van der Waals surface area contributed by atoms with Crippen molar-refractivity contribution in [3.05, 3.63) is 53.1 Å². The molecule has 0 aliphatic carbocycles. The number of hydrazine groups is 1. The Hall–Kier alpha value is -3.19. The van der Waals surface area contributed by atoms with Gasteiger partial charge in [-0.1, -0.05) is 76.0 Å². The monoisotopic (exact) mass is 565 g/mol. The van der Waals surface area contributed by atoms with Gasteiger partial charge in [0, 0.05) is 49.6 Å². The van der Waals surface area contributed by atoms with E-state index in [-0.39, 0.29) is 5.91 Å². The summed E-state index contributed by atoms with van der Waals surface area (Å²) in [5.41, 5.74) is 7.59. The number of carbonyl (C=O) groups excluding carboxylic acids is 1. The third kappa shape index (κ3) is 10.6. The van der Waals surface area contributed by atoms with Crippen LogP contribution < -0.4 is 24.5 Å². The Morgan fingerprint density at radius 1 is 0.829 bits per heavy atom. The van der Waals surface area contributed by atoms with Gasteiger partial charge in [-0.05, 0) is 44.0 Å². The van der Waals surface area contributed by atoms with Crippen LogP contribution >= 0.6 is 0 Å². The molecule has 1 saturated heterocycles. The van der Waals surface area contributed by atoms with Gasteiger partial charge in [-0.3, -0.25) is 10.2 Å². The normalized spacial score (nSPS) is 13.9. The molecule has 0 unspecified atom stereocenters. The van der Waals surface area contributed by atoms with Crippen LogP contribution in [0.4, 0.5) is 5.69 Å². The van der Waals surface area contributed by atoms with Crippen LogP contribution in [0.3, 0.4) is 0 Å². The number of unbranched alkanes of at least 4 members (excludes halogenated alkanes) is 8. The maximum atomic E-state index is 12.7. The number of ether oxygens (including phenoxy) is 3. The van der Waals surface area contributed by atoms with Gasteiger partial charge in [-0.25, -0.2) is 5.01 Å². The third-order valence-electron chi connectivity index (χ3n) is 7.68. The van der Waals surface area contributed by atoms with Crippen LogP contribution in [0.1, 0.15) is 81.4 Å². The van der Waals surface area contributed by atoms with Crippen LogP contribution in [-0.2, 0) is 4.79 Å². The first-order valence-corrected chi connectivity index (χ1v) is 15.4. The van der Waals surface area contributed by atoms with Gasteiger partial charge in [0.1, 0.15) is 5.75 Å². The number of benzene rings is 2. The third-order valence-corrected chi connectivity index (χ3v) is 7.68. The summed E-state index contributed by atoms with van der Waals surface area (Å²) in [4.78, 5) is 15.1. The molecule has 1 heterocycles. The van der Waals surface area contributed by atoms with Crippen molar-refractivity contribution in [3.63, 3.8) is 0 Å². The number of piperazine rings is 1. The number of carbonyl (C=O) groups is 1. The number of nitrogens with one attached hydrogen (secondary N) is 1. The van der Waals surface area contributed by atoms with E-state index in [1.807, 2.05) is 17.1 Å². The topological polar surface area (TPSA) is 63.3 Å². The molecule has 0 bridgehead atoms. The van der Waals surface area contributed by atoms with Crippen LogP contribution in [-0.4, -0.2) is 57.9 Å². The Bertz CT molecular complexity index is 1110. The van der Waals surface area contributed by atoms with Crippen molar-refractivity contribution >= 4 is 17.7 Å². The number of aryl methyl sites for hydroxylation is 2. The molecule has 2 aromatic rings. The van der Waals surface area contributed by atoms with Crippen molar-refractivity contribution in [2.45, 2.75) is 78.6 Å². The zero-order valence-electron chi connectivity index (χ0n) is 26.0. The zero-order valence-corrected chi connectivity index (χ0v) is 26.0. The molecule has 1 N–H and O–H groups in total. The molecule has 1 aliphatic rings. The van der Waals surface area contributed by atoms with Crippen LogP contribution in [0.15, 0.2) is 36.4 Å². The molecule has 0 saturated carbocycles. The lowest BCUT2D eigenvalue weighted by Crippen LogP contribution is -2.53. The molecule has 7 heteroatoms. The van der Waals surface area contributed by atoms with E-state index in [4.69, 9.17) is 14.2 Å². The number of nitrogens with zero attached hydrogens (tertiary/aromatic N) is 2. The lowest BCUT2D eigenvalue weighted by atomic mass is 10.1. The second-order valence-electron chi connectivity index (χ2n) is 11.0. The lowest BCUT2D eigenvalue weighted by Gasteiger charge is -2.36. The number of rotatable bonds is 17. The standard InChI is InChI=1S/C34H51N3O4/c1-6-7-8-9-10-11-12-13-14-23-41-33-26-31(39-4)29(25-32(33)40-5)16-18-34(38)35-37-21-19-36(20-22-37)30-17-15-27(2)24-28(30)3/h15-18,24-26H,6-14,19-23H2,1-5H3,(H,35,38). The fourth-order valence-electron chi connectivity index (χ4n) is 5.31. The van der Waals surface area contributed by atoms with Crippen molar-refractivity contribution in [2.75, 3.05) is 51.9 Å². The number of hydrogen-bond acceptors (Lipinski definition) is 6. The average molecular weight is 566 g/mol. The summed E-state index contributed by atoms with van der Waals surface area (Å²) >= 11 is 0. The van der Waals surface area contributed by atoms with Crippen LogP contribution in [0.2, 0.25) is 0 Å². The highest BCUT2D eigenvalue weighted by Crippen LogP contribution is 2.35. The SMILES string of the molecule is CCCCCCCCCCCOc1cc(OC)c(C=CC(=O)NN2CCN(c3ccc(C)cc3C)CC2)cc1OC. The zero-order chi connectivity index (χ0) is 29.5. The van der Waals surface area contributed by atoms with Gasteiger partial charge < -0.3 is 19.1 Å². The Morgan fingerprint density at radius 3 is 2.12 bits per heavy atom. The Kier molecular flexibility index (Phi) is 13.9. The minimum absolute atomic E-state index is 0.170. The molecule has 0 radical (unpaired) electrons. The second-order valence-corrected chi connectivity index (χ2v) is 11.0. The highest BCUT2D eigenvalue weighted by Gasteiger charge is 2.19. The van der Waals surface area contributed by atoms with E-state index in [2.05, 4.69) is 49.3 Å². The van der Waals surface area contributed by atoms with Crippen LogP contribution in [0.5, 0.6) is 17.2 Å². The van der Waals surface area contributed by atoms with Crippen LogP contribution in [0, 0.1) is 13.8 Å². The Balaban J connectivity index is 1.45. The molecule has 226 valence electrons. The lowest BCUT2D eigenvalue weighted by molar-refractivity contribution is -0.121. The minimum atomic E-state index is -0.170. The van der Waals surface area contributed by atoms with Crippen molar-refractivity contribution in [1.29, 1.82) is 0 Å². The number of methoxy groups -OCH3 is 2. The molecular weight excluding hydrogens is 514 g/mol. The summed E-state index contributed by atoms with van der Waals surface area (Å²) in [5, 5.41) is 1.98. The Labute approximate surface area is 247 Å². The maximum absolute atomic E-state index is 12.7. The van der Waals surface area contributed by atoms with Gasteiger partial charge in [-0.2, -0.15) is 0 Å². The number of anilines is 1. The predicted molar refractivity (Wildman–Crippen MR) is 169 cm³/mol. The highest BCUT2D eigenvalue weighted by atomic mass is 16.5. The number of amides is 1. The molecule has 41 heavy (non-hydrogen) atoms. The largest absolute Gasteiger partial charge is 0.496 e. The first-order chi connectivity index (χ1) is 19.9. The molecular formula is C34H51N3O4. The summed E-state index contributed by atoms with van der Waals surface area (Å²) < 4.78 is 17.2. The second kappa shape index (κ2) is 17.6. The first-order valence-electron chi connectivity index (χ1n) is 15.4.